The highest BCUT2D eigenvalue weighted by Gasteiger charge is 2.23. The predicted molar refractivity (Wildman–Crippen MR) is 119 cm³/mol. The third kappa shape index (κ3) is 15.4. The summed E-state index contributed by atoms with van der Waals surface area (Å²) in [6.07, 6.45) is 16.3. The van der Waals surface area contributed by atoms with Gasteiger partial charge in [-0.2, -0.15) is 0 Å². The molecular weight excluding hydrogens is 384 g/mol. The van der Waals surface area contributed by atoms with E-state index in [-0.39, 0.29) is 11.7 Å². The molecule has 0 aliphatic carbocycles. The van der Waals surface area contributed by atoms with Gasteiger partial charge in [0.1, 0.15) is 12.1 Å². The Balaban J connectivity index is 3.73. The average molecular weight is 429 g/mol. The number of rotatable bonds is 20. The van der Waals surface area contributed by atoms with Gasteiger partial charge < -0.3 is 20.8 Å². The van der Waals surface area contributed by atoms with E-state index in [0.717, 1.165) is 19.3 Å². The smallest absolute Gasteiger partial charge is 0.245 e. The quantitative estimate of drug-likeness (QED) is 0.223. The van der Waals surface area contributed by atoms with E-state index in [1.165, 1.54) is 71.1 Å². The van der Waals surface area contributed by atoms with Gasteiger partial charge in [0.2, 0.25) is 11.8 Å². The summed E-state index contributed by atoms with van der Waals surface area (Å²) in [5.41, 5.74) is 0. The Morgan fingerprint density at radius 1 is 0.667 bits per heavy atom. The number of unbranched alkanes of at least 4 members (excludes halogenated alkanes) is 12. The van der Waals surface area contributed by atoms with Gasteiger partial charge in [-0.15, -0.1) is 0 Å². The van der Waals surface area contributed by atoms with Crippen molar-refractivity contribution < 1.29 is 24.6 Å². The summed E-state index contributed by atoms with van der Waals surface area (Å²) in [5, 5.41) is 23.2. The first kappa shape index (κ1) is 28.5. The van der Waals surface area contributed by atoms with Crippen molar-refractivity contribution in [1.29, 1.82) is 0 Å². The van der Waals surface area contributed by atoms with E-state index >= 15 is 0 Å². The van der Waals surface area contributed by atoms with Crippen molar-refractivity contribution in [2.75, 3.05) is 13.2 Å². The first-order chi connectivity index (χ1) is 14.5. The SMILES string of the molecule is CCCCCCCCCCCCCCCC(=O)NC(CO)C(=O)NC(CO)C(C)=O. The van der Waals surface area contributed by atoms with Gasteiger partial charge in [0.05, 0.1) is 13.2 Å². The van der Waals surface area contributed by atoms with Crippen LogP contribution >= 0.6 is 0 Å². The van der Waals surface area contributed by atoms with Crippen LogP contribution in [-0.2, 0) is 14.4 Å². The third-order valence-electron chi connectivity index (χ3n) is 5.33. The molecule has 0 aliphatic rings. The van der Waals surface area contributed by atoms with Crippen molar-refractivity contribution in [3.8, 4) is 0 Å². The Morgan fingerprint density at radius 2 is 1.10 bits per heavy atom. The summed E-state index contributed by atoms with van der Waals surface area (Å²) in [7, 11) is 0. The van der Waals surface area contributed by atoms with Crippen molar-refractivity contribution in [2.24, 2.45) is 0 Å². The van der Waals surface area contributed by atoms with Crippen molar-refractivity contribution in [2.45, 2.75) is 116 Å². The molecule has 0 fully saturated rings. The van der Waals surface area contributed by atoms with Crippen LogP contribution in [-0.4, -0.2) is 53.1 Å². The van der Waals surface area contributed by atoms with Crippen molar-refractivity contribution in [3.05, 3.63) is 0 Å². The molecule has 30 heavy (non-hydrogen) atoms. The minimum atomic E-state index is -1.12. The standard InChI is InChI=1S/C23H44N2O5/c1-3-4-5-6-7-8-9-10-11-12-13-14-15-16-22(29)24-21(18-27)23(30)25-20(17-26)19(2)28/h20-21,26-27H,3-18H2,1-2H3,(H,24,29)(H,25,30). The Kier molecular flexibility index (Phi) is 18.5. The molecule has 0 aromatic rings. The number of Topliss-reactive ketones (excluding diaryl/α,β-unsaturated/α-hetero) is 1. The lowest BCUT2D eigenvalue weighted by atomic mass is 10.0. The molecule has 0 rings (SSSR count). The van der Waals surface area contributed by atoms with E-state index in [1.54, 1.807) is 0 Å². The molecule has 7 heteroatoms. The number of aliphatic hydroxyl groups excluding tert-OH is 2. The molecule has 2 amide bonds. The minimum Gasteiger partial charge on any atom is -0.394 e. The zero-order valence-electron chi connectivity index (χ0n) is 19.1. The maximum Gasteiger partial charge on any atom is 0.245 e. The number of amides is 2. The Bertz CT molecular complexity index is 471. The van der Waals surface area contributed by atoms with Crippen LogP contribution in [0.3, 0.4) is 0 Å². The average Bonchev–Trinajstić information content (AvgIpc) is 2.73. The second-order valence-electron chi connectivity index (χ2n) is 8.15. The third-order valence-corrected chi connectivity index (χ3v) is 5.33. The molecule has 0 saturated carbocycles. The molecule has 7 nitrogen and oxygen atoms in total. The van der Waals surface area contributed by atoms with Gasteiger partial charge in [-0.25, -0.2) is 0 Å². The summed E-state index contributed by atoms with van der Waals surface area (Å²) in [4.78, 5) is 35.3. The van der Waals surface area contributed by atoms with Gasteiger partial charge in [0, 0.05) is 6.42 Å². The molecule has 0 radical (unpaired) electrons. The lowest BCUT2D eigenvalue weighted by Crippen LogP contribution is -2.53. The number of carbonyl (C=O) groups is 3. The highest BCUT2D eigenvalue weighted by molar-refractivity contribution is 5.92. The molecule has 0 aliphatic heterocycles. The molecule has 0 heterocycles. The fourth-order valence-corrected chi connectivity index (χ4v) is 3.31. The molecule has 176 valence electrons. The molecule has 0 spiro atoms. The summed E-state index contributed by atoms with van der Waals surface area (Å²) in [5.74, 6) is -1.36. The maximum absolute atomic E-state index is 12.0. The van der Waals surface area contributed by atoms with Crippen LogP contribution in [0.25, 0.3) is 0 Å². The van der Waals surface area contributed by atoms with E-state index in [2.05, 4.69) is 17.6 Å². The number of nitrogens with one attached hydrogen (secondary N) is 2. The fraction of sp³-hybridized carbons (Fsp3) is 0.870. The maximum atomic E-state index is 12.0. The number of carbonyl (C=O) groups excluding carboxylic acids is 3. The van der Waals surface area contributed by atoms with Crippen LogP contribution in [0.15, 0.2) is 0 Å². The van der Waals surface area contributed by atoms with Crippen LogP contribution in [0.5, 0.6) is 0 Å². The van der Waals surface area contributed by atoms with Gasteiger partial charge in [0.25, 0.3) is 0 Å². The Hall–Kier alpha value is -1.47. The van der Waals surface area contributed by atoms with Crippen LogP contribution in [0, 0.1) is 0 Å². The molecule has 2 unspecified atom stereocenters. The van der Waals surface area contributed by atoms with Gasteiger partial charge in [-0.1, -0.05) is 84.0 Å². The number of ketones is 1. The Morgan fingerprint density at radius 3 is 1.50 bits per heavy atom. The summed E-state index contributed by atoms with van der Waals surface area (Å²) < 4.78 is 0. The van der Waals surface area contributed by atoms with Crippen molar-refractivity contribution in [1.82, 2.24) is 10.6 Å². The lowest BCUT2D eigenvalue weighted by Gasteiger charge is -2.19. The van der Waals surface area contributed by atoms with E-state index in [9.17, 15) is 19.5 Å². The normalized spacial score (nSPS) is 12.9. The highest BCUT2D eigenvalue weighted by Crippen LogP contribution is 2.12. The zero-order valence-corrected chi connectivity index (χ0v) is 19.1. The van der Waals surface area contributed by atoms with Crippen LogP contribution < -0.4 is 10.6 Å². The van der Waals surface area contributed by atoms with Gasteiger partial charge in [-0.05, 0) is 13.3 Å². The summed E-state index contributed by atoms with van der Waals surface area (Å²) in [6.45, 7) is 2.41. The predicted octanol–water partition coefficient (Wildman–Crippen LogP) is 3.01. The number of hydrogen-bond donors (Lipinski definition) is 4. The molecule has 0 saturated heterocycles. The first-order valence-electron chi connectivity index (χ1n) is 11.8. The van der Waals surface area contributed by atoms with Crippen LogP contribution in [0.1, 0.15) is 104 Å². The highest BCUT2D eigenvalue weighted by atomic mass is 16.3. The second-order valence-corrected chi connectivity index (χ2v) is 8.15. The van der Waals surface area contributed by atoms with E-state index < -0.39 is 31.2 Å². The lowest BCUT2D eigenvalue weighted by molar-refractivity contribution is -0.132. The van der Waals surface area contributed by atoms with Crippen molar-refractivity contribution in [3.63, 3.8) is 0 Å². The van der Waals surface area contributed by atoms with Crippen LogP contribution in [0.2, 0.25) is 0 Å². The molecule has 0 aromatic heterocycles. The topological polar surface area (TPSA) is 116 Å². The molecule has 4 N–H and O–H groups in total. The van der Waals surface area contributed by atoms with Gasteiger partial charge in [-0.3, -0.25) is 14.4 Å². The van der Waals surface area contributed by atoms with E-state index in [0.29, 0.717) is 6.42 Å². The van der Waals surface area contributed by atoms with Gasteiger partial charge in [0.15, 0.2) is 5.78 Å². The molecule has 0 aromatic carbocycles. The van der Waals surface area contributed by atoms with Crippen LogP contribution in [0.4, 0.5) is 0 Å². The monoisotopic (exact) mass is 428 g/mol. The second kappa shape index (κ2) is 19.5. The number of aliphatic hydroxyl groups is 2. The minimum absolute atomic E-state index is 0.296. The van der Waals surface area contributed by atoms with E-state index in [1.807, 2.05) is 0 Å². The van der Waals surface area contributed by atoms with Gasteiger partial charge >= 0.3 is 0 Å². The largest absolute Gasteiger partial charge is 0.394 e. The van der Waals surface area contributed by atoms with E-state index in [4.69, 9.17) is 5.11 Å². The molecule has 0 bridgehead atoms. The summed E-state index contributed by atoms with van der Waals surface area (Å²) >= 11 is 0. The molecular formula is C23H44N2O5. The number of hydrogen-bond acceptors (Lipinski definition) is 5. The Labute approximate surface area is 182 Å². The van der Waals surface area contributed by atoms with Crippen molar-refractivity contribution >= 4 is 17.6 Å². The molecule has 2 atom stereocenters. The fourth-order valence-electron chi connectivity index (χ4n) is 3.31. The first-order valence-corrected chi connectivity index (χ1v) is 11.8. The zero-order chi connectivity index (χ0) is 22.6. The summed E-state index contributed by atoms with van der Waals surface area (Å²) in [6, 6.07) is -2.14.